The molecule has 0 atom stereocenters. The third-order valence-electron chi connectivity index (χ3n) is 2.47. The third-order valence-corrected chi connectivity index (χ3v) is 2.47. The van der Waals surface area contributed by atoms with Crippen LogP contribution in [0.25, 0.3) is 5.53 Å². The predicted octanol–water partition coefficient (Wildman–Crippen LogP) is -5.16. The molecular weight excluding hydrogens is 314 g/mol. The van der Waals surface area contributed by atoms with E-state index in [0.717, 1.165) is 26.3 Å². The first-order chi connectivity index (χ1) is 6.90. The molecule has 1 fully saturated rings. The van der Waals surface area contributed by atoms with Crippen molar-refractivity contribution in [2.45, 2.75) is 6.42 Å². The van der Waals surface area contributed by atoms with Crippen LogP contribution < -0.4 is 24.8 Å². The number of rotatable bonds is 1. The van der Waals surface area contributed by atoms with Gasteiger partial charge in [0.1, 0.15) is 0 Å². The van der Waals surface area contributed by atoms with Crippen molar-refractivity contribution in [1.29, 1.82) is 0 Å². The molecule has 0 spiro atoms. The molecule has 2 rings (SSSR count). The normalized spacial score (nSPS) is 18.0. The summed E-state index contributed by atoms with van der Waals surface area (Å²) < 4.78 is 5.28. The smallest absolute Gasteiger partial charge is 1.00 e. The van der Waals surface area contributed by atoms with Gasteiger partial charge in [0.25, 0.3) is 5.71 Å². The Morgan fingerprint density at radius 3 is 2.29 bits per heavy atom. The van der Waals surface area contributed by atoms with E-state index in [1.807, 2.05) is 12.2 Å². The minimum atomic E-state index is 0. The van der Waals surface area contributed by atoms with E-state index in [1.165, 1.54) is 5.70 Å². The Bertz CT molecular complexity index is 334. The predicted molar refractivity (Wildman–Crippen MR) is 52.9 cm³/mol. The minimum absolute atomic E-state index is 0. The van der Waals surface area contributed by atoms with Gasteiger partial charge in [-0.2, -0.15) is 4.79 Å². The summed E-state index contributed by atoms with van der Waals surface area (Å²) in [6, 6.07) is 0. The van der Waals surface area contributed by atoms with Gasteiger partial charge in [-0.15, -0.1) is 0 Å². The first kappa shape index (κ1) is 19.2. The molecule has 0 N–H and O–H groups in total. The number of halogens is 2. The van der Waals surface area contributed by atoms with E-state index in [4.69, 9.17) is 10.3 Å². The molecule has 0 unspecified atom stereocenters. The number of morpholine rings is 1. The largest absolute Gasteiger partial charge is 2.00 e. The van der Waals surface area contributed by atoms with Crippen LogP contribution in [0.5, 0.6) is 0 Å². The minimum Gasteiger partial charge on any atom is -1.00 e. The van der Waals surface area contributed by atoms with Gasteiger partial charge < -0.3 is 40.0 Å². The Morgan fingerprint density at radius 1 is 1.18 bits per heavy atom. The number of hydrogen-bond acceptors (Lipinski definition) is 2. The summed E-state index contributed by atoms with van der Waals surface area (Å²) in [5.41, 5.74) is 10.5. The summed E-state index contributed by atoms with van der Waals surface area (Å²) in [5, 5.41) is 0. The second-order valence-corrected chi connectivity index (χ2v) is 3.36. The summed E-state index contributed by atoms with van der Waals surface area (Å²) in [4.78, 5) is 5.46. The molecule has 2 aliphatic rings. The molecule has 4 nitrogen and oxygen atoms in total. The Kier molecular flexibility index (Phi) is 11.1. The molecule has 0 saturated carbocycles. The fraction of sp³-hybridized carbons (Fsp3) is 0.500. The first-order valence-electron chi connectivity index (χ1n) is 4.82. The average molecular weight is 328 g/mol. The van der Waals surface area contributed by atoms with Crippen LogP contribution in [-0.4, -0.2) is 41.7 Å². The average Bonchev–Trinajstić information content (AvgIpc) is 2.30. The van der Waals surface area contributed by atoms with Crippen LogP contribution in [0.15, 0.2) is 23.9 Å². The topological polar surface area (TPSA) is 48.9 Å². The summed E-state index contributed by atoms with van der Waals surface area (Å²) in [5.74, 6) is 0. The second kappa shape index (κ2) is 9.81. The van der Waals surface area contributed by atoms with Gasteiger partial charge in [-0.3, -0.25) is 0 Å². The maximum Gasteiger partial charge on any atom is 2.00 e. The Morgan fingerprint density at radius 2 is 1.82 bits per heavy atom. The van der Waals surface area contributed by atoms with Crippen LogP contribution in [-0.2, 0) is 24.2 Å². The molecule has 1 heterocycles. The zero-order valence-corrected chi connectivity index (χ0v) is 14.0. The third kappa shape index (κ3) is 5.33. The first-order valence-corrected chi connectivity index (χ1v) is 4.82. The van der Waals surface area contributed by atoms with E-state index in [-0.39, 0.29) is 44.3 Å². The van der Waals surface area contributed by atoms with E-state index in [2.05, 4.69) is 15.8 Å². The summed E-state index contributed by atoms with van der Waals surface area (Å²) in [7, 11) is 0. The van der Waals surface area contributed by atoms with Crippen molar-refractivity contribution in [3.8, 4) is 0 Å². The molecule has 0 bridgehead atoms. The maximum atomic E-state index is 8.56. The number of ether oxygens (including phenoxy) is 1. The van der Waals surface area contributed by atoms with Crippen LogP contribution in [0.1, 0.15) is 6.42 Å². The SMILES string of the molecule is [Cl-].[Cl-].[N-]=[N+]=C1C=CC(N2CCOCC2)=CC1.[Zn+2]. The van der Waals surface area contributed by atoms with Crippen LogP contribution in [0.4, 0.5) is 0 Å². The second-order valence-electron chi connectivity index (χ2n) is 3.36. The van der Waals surface area contributed by atoms with Gasteiger partial charge in [0.15, 0.2) is 0 Å². The quantitative estimate of drug-likeness (QED) is 0.275. The molecule has 0 aromatic heterocycles. The molecule has 7 heteroatoms. The van der Waals surface area contributed by atoms with Crippen molar-refractivity contribution >= 4 is 5.71 Å². The van der Waals surface area contributed by atoms with Crippen molar-refractivity contribution in [2.75, 3.05) is 26.3 Å². The van der Waals surface area contributed by atoms with E-state index in [0.29, 0.717) is 12.1 Å². The van der Waals surface area contributed by atoms with Gasteiger partial charge >= 0.3 is 19.5 Å². The Hall–Kier alpha value is -0.177. The Balaban J connectivity index is 0. The van der Waals surface area contributed by atoms with Crippen LogP contribution in [0.3, 0.4) is 0 Å². The van der Waals surface area contributed by atoms with Gasteiger partial charge in [0.05, 0.1) is 19.6 Å². The maximum absolute atomic E-state index is 8.56. The van der Waals surface area contributed by atoms with Crippen molar-refractivity contribution in [2.24, 2.45) is 0 Å². The molecule has 1 aliphatic heterocycles. The van der Waals surface area contributed by atoms with Crippen LogP contribution in [0, 0.1) is 0 Å². The van der Waals surface area contributed by atoms with Crippen molar-refractivity contribution in [1.82, 2.24) is 4.90 Å². The number of nitrogens with zero attached hydrogens (tertiary/aromatic N) is 3. The van der Waals surface area contributed by atoms with Crippen LogP contribution in [0.2, 0.25) is 0 Å². The van der Waals surface area contributed by atoms with Gasteiger partial charge in [0, 0.05) is 24.9 Å². The van der Waals surface area contributed by atoms with Gasteiger partial charge in [-0.05, 0) is 12.2 Å². The molecular formula is C10H13Cl2N3OZn. The molecule has 0 amide bonds. The molecule has 0 radical (unpaired) electrons. The molecule has 90 valence electrons. The van der Waals surface area contributed by atoms with E-state index in [9.17, 15) is 0 Å². The molecule has 0 aromatic rings. The van der Waals surface area contributed by atoms with E-state index in [1.54, 1.807) is 0 Å². The fourth-order valence-electron chi connectivity index (χ4n) is 1.66. The Labute approximate surface area is 126 Å². The van der Waals surface area contributed by atoms with Gasteiger partial charge in [-0.25, -0.2) is 0 Å². The monoisotopic (exact) mass is 325 g/mol. The molecule has 1 saturated heterocycles. The summed E-state index contributed by atoms with van der Waals surface area (Å²) in [6.45, 7) is 3.49. The van der Waals surface area contributed by atoms with Crippen molar-refractivity contribution in [3.05, 3.63) is 29.5 Å². The molecule has 17 heavy (non-hydrogen) atoms. The van der Waals surface area contributed by atoms with Gasteiger partial charge in [0.2, 0.25) is 0 Å². The van der Waals surface area contributed by atoms with Gasteiger partial charge in [-0.1, -0.05) is 0 Å². The summed E-state index contributed by atoms with van der Waals surface area (Å²) >= 11 is 0. The zero-order chi connectivity index (χ0) is 9.80. The number of allylic oxidation sites excluding steroid dienone is 3. The standard InChI is InChI=1S/C10H13N3O.2ClH.Zn/c11-12-9-1-3-10(4-2-9)13-5-7-14-8-6-13;;;/h1,3-4H,2,5-8H2;2*1H;/q;;;+2/p-2. The number of hydrogen-bond donors (Lipinski definition) is 0. The molecule has 0 aromatic carbocycles. The summed E-state index contributed by atoms with van der Waals surface area (Å²) in [6.07, 6.45) is 6.63. The molecule has 1 aliphatic carbocycles. The fourth-order valence-corrected chi connectivity index (χ4v) is 1.66. The van der Waals surface area contributed by atoms with E-state index >= 15 is 0 Å². The van der Waals surface area contributed by atoms with Crippen molar-refractivity contribution < 1.29 is 53.8 Å². The van der Waals surface area contributed by atoms with E-state index < -0.39 is 0 Å². The van der Waals surface area contributed by atoms with Crippen molar-refractivity contribution in [3.63, 3.8) is 0 Å². The zero-order valence-electron chi connectivity index (χ0n) is 9.48. The van der Waals surface area contributed by atoms with Crippen LogP contribution >= 0.6 is 0 Å².